The zero-order chi connectivity index (χ0) is 16.5. The van der Waals surface area contributed by atoms with Gasteiger partial charge >= 0.3 is 29.6 Å². The molecule has 0 amide bonds. The summed E-state index contributed by atoms with van der Waals surface area (Å²) in [7, 11) is -9.22. The summed E-state index contributed by atoms with van der Waals surface area (Å²) in [6.45, 7) is 0.106. The molecule has 0 atom stereocenters. The summed E-state index contributed by atoms with van der Waals surface area (Å²) >= 11 is 5.72. The second-order valence-corrected chi connectivity index (χ2v) is 7.50. The van der Waals surface area contributed by atoms with Crippen molar-refractivity contribution in [3.8, 4) is 0 Å². The molecule has 2 rings (SSSR count). The average molecular weight is 389 g/mol. The van der Waals surface area contributed by atoms with Crippen LogP contribution in [0.4, 0.5) is 5.69 Å². The van der Waals surface area contributed by atoms with Crippen LogP contribution in [0.1, 0.15) is 5.76 Å². The molecule has 2 aromatic rings. The number of rotatable bonds is 5. The summed E-state index contributed by atoms with van der Waals surface area (Å²) in [4.78, 5) is -1.42. The van der Waals surface area contributed by atoms with Crippen LogP contribution in [-0.4, -0.2) is 21.4 Å². The van der Waals surface area contributed by atoms with Gasteiger partial charge in [-0.15, -0.1) is 0 Å². The molecule has 12 heteroatoms. The van der Waals surface area contributed by atoms with E-state index in [4.69, 9.17) is 21.2 Å². The molecule has 0 spiro atoms. The predicted molar refractivity (Wildman–Crippen MR) is 76.8 cm³/mol. The van der Waals surface area contributed by atoms with Crippen LogP contribution in [0.15, 0.2) is 44.7 Å². The SMILES string of the molecule is NS(=O)(=O)c1cc(S(=O)(=O)[O-])c(Cl)cc1NCc1ccco1.[Na+]. The number of sulfonamides is 1. The second kappa shape index (κ2) is 7.53. The molecule has 3 N–H and O–H groups in total. The zero-order valence-corrected chi connectivity index (χ0v) is 16.2. The molecule has 0 aliphatic rings. The predicted octanol–water partition coefficient (Wildman–Crippen LogP) is -1.90. The van der Waals surface area contributed by atoms with E-state index in [2.05, 4.69) is 5.32 Å². The molecule has 0 saturated carbocycles. The first-order valence-electron chi connectivity index (χ1n) is 5.67. The zero-order valence-electron chi connectivity index (χ0n) is 11.8. The molecule has 0 fully saturated rings. The Morgan fingerprint density at radius 1 is 1.22 bits per heavy atom. The van der Waals surface area contributed by atoms with Crippen molar-refractivity contribution in [3.63, 3.8) is 0 Å². The van der Waals surface area contributed by atoms with Crippen molar-refractivity contribution in [2.75, 3.05) is 5.32 Å². The quantitative estimate of drug-likeness (QED) is 0.450. The van der Waals surface area contributed by atoms with E-state index < -0.39 is 35.0 Å². The van der Waals surface area contributed by atoms with Gasteiger partial charge in [-0.2, -0.15) is 0 Å². The van der Waals surface area contributed by atoms with Crippen LogP contribution in [0, 0.1) is 0 Å². The van der Waals surface area contributed by atoms with E-state index in [1.54, 1.807) is 12.1 Å². The average Bonchev–Trinajstić information content (AvgIpc) is 2.86. The second-order valence-electron chi connectivity index (χ2n) is 4.21. The van der Waals surface area contributed by atoms with Gasteiger partial charge in [-0.1, -0.05) is 11.6 Å². The van der Waals surface area contributed by atoms with Crippen molar-refractivity contribution >= 4 is 37.4 Å². The number of anilines is 1. The molecule has 0 radical (unpaired) electrons. The van der Waals surface area contributed by atoms with Crippen LogP contribution >= 0.6 is 11.6 Å². The smallest absolute Gasteiger partial charge is 0.744 e. The number of nitrogens with one attached hydrogen (secondary N) is 1. The van der Waals surface area contributed by atoms with Gasteiger partial charge in [0.2, 0.25) is 10.0 Å². The van der Waals surface area contributed by atoms with E-state index in [0.29, 0.717) is 11.8 Å². The molecule has 8 nitrogen and oxygen atoms in total. The van der Waals surface area contributed by atoms with Crippen molar-refractivity contribution in [2.24, 2.45) is 5.14 Å². The Morgan fingerprint density at radius 2 is 1.87 bits per heavy atom. The molecule has 23 heavy (non-hydrogen) atoms. The van der Waals surface area contributed by atoms with Gasteiger partial charge < -0.3 is 14.3 Å². The molecule has 1 aromatic heterocycles. The summed E-state index contributed by atoms with van der Waals surface area (Å²) in [5.74, 6) is 0.497. The van der Waals surface area contributed by atoms with Crippen LogP contribution < -0.4 is 40.0 Å². The molecule has 0 aliphatic heterocycles. The summed E-state index contributed by atoms with van der Waals surface area (Å²) < 4.78 is 61.5. The summed E-state index contributed by atoms with van der Waals surface area (Å²) in [6.07, 6.45) is 1.43. The molecular formula is C11H10ClN2NaO6S2. The van der Waals surface area contributed by atoms with Crippen LogP contribution in [0.5, 0.6) is 0 Å². The van der Waals surface area contributed by atoms with E-state index in [9.17, 15) is 21.4 Å². The number of furan rings is 1. The number of hydrogen-bond donors (Lipinski definition) is 2. The Hall–Kier alpha value is -0.590. The third-order valence-corrected chi connectivity index (χ3v) is 4.90. The van der Waals surface area contributed by atoms with Gasteiger partial charge in [0.25, 0.3) is 0 Å². The van der Waals surface area contributed by atoms with E-state index in [1.807, 2.05) is 0 Å². The van der Waals surface area contributed by atoms with Crippen molar-refractivity contribution in [1.82, 2.24) is 0 Å². The largest absolute Gasteiger partial charge is 1.00 e. The van der Waals surface area contributed by atoms with Crippen LogP contribution in [0.3, 0.4) is 0 Å². The fourth-order valence-electron chi connectivity index (χ4n) is 1.70. The first-order chi connectivity index (χ1) is 10.1. The van der Waals surface area contributed by atoms with Crippen molar-refractivity contribution in [2.45, 2.75) is 16.3 Å². The Morgan fingerprint density at radius 3 is 2.35 bits per heavy atom. The van der Waals surface area contributed by atoms with E-state index in [-0.39, 0.29) is 41.8 Å². The summed E-state index contributed by atoms with van der Waals surface area (Å²) in [5, 5.41) is 7.33. The van der Waals surface area contributed by atoms with E-state index >= 15 is 0 Å². The monoisotopic (exact) mass is 388 g/mol. The Kier molecular flexibility index (Phi) is 6.70. The minimum Gasteiger partial charge on any atom is -0.744 e. The van der Waals surface area contributed by atoms with Crippen molar-refractivity contribution in [1.29, 1.82) is 0 Å². The summed E-state index contributed by atoms with van der Waals surface area (Å²) in [6, 6.07) is 4.92. The fourth-order valence-corrected chi connectivity index (χ4v) is 3.50. The Balaban J connectivity index is 0.00000264. The van der Waals surface area contributed by atoms with Gasteiger partial charge in [0.1, 0.15) is 20.8 Å². The fraction of sp³-hybridized carbons (Fsp3) is 0.0909. The van der Waals surface area contributed by atoms with Gasteiger partial charge in [-0.25, -0.2) is 22.0 Å². The standard InChI is InChI=1S/C11H11ClN2O6S2.Na/c12-8-4-9(14-6-7-2-1-3-20-7)11(21(13,15)16)5-10(8)22(17,18)19;/h1-5,14H,6H2,(H2,13,15,16)(H,17,18,19);/q;+1/p-1. The number of hydrogen-bond acceptors (Lipinski definition) is 7. The minimum atomic E-state index is -4.94. The molecule has 1 aromatic carbocycles. The van der Waals surface area contributed by atoms with Gasteiger partial charge in [-0.3, -0.25) is 0 Å². The van der Waals surface area contributed by atoms with Gasteiger partial charge in [0.15, 0.2) is 0 Å². The van der Waals surface area contributed by atoms with Crippen molar-refractivity contribution in [3.05, 3.63) is 41.3 Å². The molecular weight excluding hydrogens is 379 g/mol. The molecule has 1 heterocycles. The first-order valence-corrected chi connectivity index (χ1v) is 9.01. The Labute approximate surface area is 160 Å². The maximum Gasteiger partial charge on any atom is 1.00 e. The third-order valence-electron chi connectivity index (χ3n) is 2.64. The third kappa shape index (κ3) is 5.19. The van der Waals surface area contributed by atoms with Crippen molar-refractivity contribution < 1.29 is 55.4 Å². The van der Waals surface area contributed by atoms with Gasteiger partial charge in [-0.05, 0) is 24.3 Å². The Bertz CT molecular complexity index is 897. The molecule has 0 saturated heterocycles. The molecule has 0 bridgehead atoms. The van der Waals surface area contributed by atoms with E-state index in [1.165, 1.54) is 6.26 Å². The van der Waals surface area contributed by atoms with Crippen LogP contribution in [-0.2, 0) is 26.7 Å². The number of nitrogens with two attached hydrogens (primary N) is 1. The topological polar surface area (TPSA) is 143 Å². The first kappa shape index (κ1) is 20.5. The van der Waals surface area contributed by atoms with Crippen LogP contribution in [0.25, 0.3) is 0 Å². The maximum atomic E-state index is 11.6. The van der Waals surface area contributed by atoms with Gasteiger partial charge in [0, 0.05) is 0 Å². The molecule has 0 aliphatic carbocycles. The number of benzene rings is 1. The maximum absolute atomic E-state index is 11.6. The minimum absolute atomic E-state index is 0. The number of primary sulfonamides is 1. The molecule has 0 unspecified atom stereocenters. The van der Waals surface area contributed by atoms with Crippen LogP contribution in [0.2, 0.25) is 5.02 Å². The van der Waals surface area contributed by atoms with E-state index in [0.717, 1.165) is 6.07 Å². The molecule has 120 valence electrons. The number of halogens is 1. The summed E-state index contributed by atoms with van der Waals surface area (Å²) in [5.41, 5.74) is -0.0451. The van der Waals surface area contributed by atoms with Gasteiger partial charge in [0.05, 0.1) is 28.4 Å². The normalized spacial score (nSPS) is 11.8.